The van der Waals surface area contributed by atoms with Gasteiger partial charge in [-0.15, -0.1) is 0 Å². The van der Waals surface area contributed by atoms with E-state index in [9.17, 15) is 4.57 Å². The third kappa shape index (κ3) is 22.0. The van der Waals surface area contributed by atoms with Crippen molar-refractivity contribution in [2.24, 2.45) is 0 Å². The molecule has 0 spiro atoms. The third-order valence-corrected chi connectivity index (χ3v) is 5.40. The monoisotopic (exact) mass is 323 g/mol. The van der Waals surface area contributed by atoms with Crippen molar-refractivity contribution in [3.63, 3.8) is 0 Å². The van der Waals surface area contributed by atoms with Crippen molar-refractivity contribution in [3.05, 3.63) is 0 Å². The molecule has 0 aromatic carbocycles. The normalized spacial score (nSPS) is 12.3. The lowest BCUT2D eigenvalue weighted by atomic mass is 10.6. The van der Waals surface area contributed by atoms with Crippen LogP contribution >= 0.6 is 24.8 Å². The Morgan fingerprint density at radius 1 is 1.00 bits per heavy atom. The SMILES string of the molecule is CCCP(O)O.CCCP(O)O[P+](=O)CCC.O. The van der Waals surface area contributed by atoms with Crippen LogP contribution in [0.4, 0.5) is 0 Å². The maximum atomic E-state index is 10.9. The lowest BCUT2D eigenvalue weighted by Gasteiger charge is -1.97. The Hall–Kier alpha value is 0.760. The van der Waals surface area contributed by atoms with E-state index in [1.54, 1.807) is 0 Å². The Balaban J connectivity index is -0.000000277. The Labute approximate surface area is 113 Å². The van der Waals surface area contributed by atoms with Gasteiger partial charge in [0.05, 0.1) is 0 Å². The largest absolute Gasteiger partial charge is 0.513 e. The van der Waals surface area contributed by atoms with Gasteiger partial charge in [-0.3, -0.25) is 0 Å². The van der Waals surface area contributed by atoms with Crippen molar-refractivity contribution >= 4 is 24.8 Å². The predicted molar refractivity (Wildman–Crippen MR) is 78.3 cm³/mol. The smallest absolute Gasteiger partial charge is 0.412 e. The van der Waals surface area contributed by atoms with E-state index in [1.807, 2.05) is 20.8 Å². The summed E-state index contributed by atoms with van der Waals surface area (Å²) in [5, 5.41) is 0. The van der Waals surface area contributed by atoms with Gasteiger partial charge < -0.3 is 20.2 Å². The van der Waals surface area contributed by atoms with Gasteiger partial charge in [0, 0.05) is 12.3 Å². The van der Waals surface area contributed by atoms with Gasteiger partial charge >= 0.3 is 8.03 Å². The molecule has 0 radical (unpaired) electrons. The van der Waals surface area contributed by atoms with Crippen molar-refractivity contribution in [2.45, 2.75) is 40.0 Å². The summed E-state index contributed by atoms with van der Waals surface area (Å²) in [6.07, 6.45) is 4.30. The van der Waals surface area contributed by atoms with Gasteiger partial charge in [0.15, 0.2) is 14.5 Å². The zero-order chi connectivity index (χ0) is 13.7. The standard InChI is InChI=1S/C6H15O3P2.C3H9O2P.H2O/c1-3-5-10(7)9-11(8)6-4-2;1-2-3-6(4)5;/h7H,3-6H2,1-2H3;4-5H,2-3H2,1H3;1H2/q+1;;. The first-order valence-electron chi connectivity index (χ1n) is 5.72. The highest BCUT2D eigenvalue weighted by atomic mass is 31.2. The van der Waals surface area contributed by atoms with Gasteiger partial charge in [-0.1, -0.05) is 25.1 Å². The van der Waals surface area contributed by atoms with Crippen molar-refractivity contribution in [2.75, 3.05) is 18.5 Å². The average Bonchev–Trinajstić information content (AvgIpc) is 2.18. The molecule has 0 heterocycles. The van der Waals surface area contributed by atoms with E-state index in [0.717, 1.165) is 19.3 Å². The van der Waals surface area contributed by atoms with Gasteiger partial charge in [-0.05, 0) is 23.8 Å². The lowest BCUT2D eigenvalue weighted by molar-refractivity contribution is 0.471. The second kappa shape index (κ2) is 17.8. The van der Waals surface area contributed by atoms with E-state index < -0.39 is 24.8 Å². The van der Waals surface area contributed by atoms with Gasteiger partial charge in [0.25, 0.3) is 0 Å². The van der Waals surface area contributed by atoms with Crippen LogP contribution in [0.15, 0.2) is 0 Å². The summed E-state index contributed by atoms with van der Waals surface area (Å²) in [7, 11) is -4.62. The molecule has 0 bridgehead atoms. The Bertz CT molecular complexity index is 182. The fourth-order valence-corrected chi connectivity index (χ4v) is 3.40. The number of rotatable bonds is 8. The van der Waals surface area contributed by atoms with Crippen LogP contribution in [0, 0.1) is 0 Å². The molecular formula is C9H26O6P3+. The molecule has 0 amide bonds. The molecule has 0 saturated carbocycles. The molecule has 0 fully saturated rings. The first-order chi connectivity index (χ1) is 7.97. The predicted octanol–water partition coefficient (Wildman–Crippen LogP) is 2.74. The van der Waals surface area contributed by atoms with Crippen LogP contribution in [0.2, 0.25) is 0 Å². The molecule has 0 aromatic rings. The van der Waals surface area contributed by atoms with E-state index in [0.29, 0.717) is 18.5 Å². The number of hydrogen-bond acceptors (Lipinski definition) is 5. The van der Waals surface area contributed by atoms with E-state index in [2.05, 4.69) is 0 Å². The highest BCUT2D eigenvalue weighted by Gasteiger charge is 2.21. The average molecular weight is 323 g/mol. The van der Waals surface area contributed by atoms with Gasteiger partial charge in [-0.2, -0.15) is 0 Å². The van der Waals surface area contributed by atoms with E-state index in [4.69, 9.17) is 19.0 Å². The number of hydrogen-bond donors (Lipinski definition) is 3. The summed E-state index contributed by atoms with van der Waals surface area (Å²) >= 11 is 0. The molecule has 0 saturated heterocycles. The maximum absolute atomic E-state index is 10.9. The zero-order valence-corrected chi connectivity index (χ0v) is 13.9. The Morgan fingerprint density at radius 3 is 1.78 bits per heavy atom. The van der Waals surface area contributed by atoms with Crippen LogP contribution in [0.5, 0.6) is 0 Å². The Kier molecular flexibility index (Phi) is 23.5. The Morgan fingerprint density at radius 2 is 1.50 bits per heavy atom. The second-order valence-electron chi connectivity index (χ2n) is 3.31. The first-order valence-corrected chi connectivity index (χ1v) is 9.91. The molecule has 112 valence electrons. The fourth-order valence-electron chi connectivity index (χ4n) is 0.761. The van der Waals surface area contributed by atoms with E-state index in [1.165, 1.54) is 0 Å². The van der Waals surface area contributed by atoms with Crippen LogP contribution in [-0.4, -0.2) is 38.6 Å². The molecule has 6 nitrogen and oxygen atoms in total. The van der Waals surface area contributed by atoms with Gasteiger partial charge in [0.1, 0.15) is 0 Å². The molecule has 18 heavy (non-hydrogen) atoms. The van der Waals surface area contributed by atoms with Gasteiger partial charge in [0.2, 0.25) is 8.38 Å². The maximum Gasteiger partial charge on any atom is 0.513 e. The summed E-state index contributed by atoms with van der Waals surface area (Å²) in [5.74, 6) is 0. The summed E-state index contributed by atoms with van der Waals surface area (Å²) in [5.41, 5.74) is 0. The fraction of sp³-hybridized carbons (Fsp3) is 1.00. The van der Waals surface area contributed by atoms with Crippen molar-refractivity contribution < 1.29 is 29.0 Å². The summed E-state index contributed by atoms with van der Waals surface area (Å²) in [4.78, 5) is 25.5. The third-order valence-electron chi connectivity index (χ3n) is 1.43. The molecule has 9 heteroatoms. The molecule has 2 unspecified atom stereocenters. The molecular weight excluding hydrogens is 297 g/mol. The minimum absolute atomic E-state index is 0. The molecule has 0 rings (SSSR count). The molecule has 5 N–H and O–H groups in total. The molecule has 0 aliphatic rings. The van der Waals surface area contributed by atoms with Crippen LogP contribution in [-0.2, 0) is 8.88 Å². The molecule has 0 aromatic heterocycles. The molecule has 2 atom stereocenters. The second-order valence-corrected chi connectivity index (χ2v) is 7.42. The van der Waals surface area contributed by atoms with Gasteiger partial charge in [-0.25, -0.2) is 0 Å². The van der Waals surface area contributed by atoms with Crippen LogP contribution in [0.1, 0.15) is 40.0 Å². The van der Waals surface area contributed by atoms with Crippen LogP contribution in [0.25, 0.3) is 0 Å². The minimum atomic E-state index is -1.60. The van der Waals surface area contributed by atoms with E-state index in [-0.39, 0.29) is 5.48 Å². The summed E-state index contributed by atoms with van der Waals surface area (Å²) < 4.78 is 15.8. The first kappa shape index (κ1) is 23.8. The highest BCUT2D eigenvalue weighted by Crippen LogP contribution is 2.44. The minimum Gasteiger partial charge on any atom is -0.412 e. The van der Waals surface area contributed by atoms with Crippen molar-refractivity contribution in [1.82, 2.24) is 0 Å². The lowest BCUT2D eigenvalue weighted by Crippen LogP contribution is -1.83. The van der Waals surface area contributed by atoms with Crippen molar-refractivity contribution in [3.8, 4) is 0 Å². The molecule has 0 aliphatic heterocycles. The van der Waals surface area contributed by atoms with Crippen LogP contribution < -0.4 is 0 Å². The molecule has 0 aliphatic carbocycles. The highest BCUT2D eigenvalue weighted by molar-refractivity contribution is 7.56. The van der Waals surface area contributed by atoms with E-state index >= 15 is 0 Å². The van der Waals surface area contributed by atoms with Crippen molar-refractivity contribution in [1.29, 1.82) is 0 Å². The van der Waals surface area contributed by atoms with Crippen LogP contribution in [0.3, 0.4) is 0 Å². The summed E-state index contributed by atoms with van der Waals surface area (Å²) in [6, 6.07) is 0. The topological polar surface area (TPSA) is 118 Å². The quantitative estimate of drug-likeness (QED) is 0.593. The zero-order valence-electron chi connectivity index (χ0n) is 11.2. The summed E-state index contributed by atoms with van der Waals surface area (Å²) in [6.45, 7) is 5.82.